The van der Waals surface area contributed by atoms with Crippen LogP contribution in [0.3, 0.4) is 0 Å². The molecule has 2 heterocycles. The van der Waals surface area contributed by atoms with Gasteiger partial charge in [-0.3, -0.25) is 9.59 Å². The van der Waals surface area contributed by atoms with E-state index in [0.717, 1.165) is 17.7 Å². The number of allylic oxidation sites excluding steroid dienone is 7. The molecule has 2 aliphatic heterocycles. The molecule has 3 aliphatic rings. The van der Waals surface area contributed by atoms with Crippen molar-refractivity contribution in [3.8, 4) is 0 Å². The van der Waals surface area contributed by atoms with E-state index in [1.807, 2.05) is 53.7 Å². The van der Waals surface area contributed by atoms with Crippen LogP contribution in [0.1, 0.15) is 88.0 Å². The van der Waals surface area contributed by atoms with Crippen LogP contribution in [0.2, 0.25) is 0 Å². The fourth-order valence-corrected chi connectivity index (χ4v) is 7.95. The van der Waals surface area contributed by atoms with Crippen LogP contribution in [0.5, 0.6) is 0 Å². The molecule has 3 rings (SSSR count). The van der Waals surface area contributed by atoms with Gasteiger partial charge in [-0.05, 0) is 38.2 Å². The van der Waals surface area contributed by atoms with Crippen molar-refractivity contribution in [2.45, 2.75) is 130 Å². The predicted octanol–water partition coefficient (Wildman–Crippen LogP) is 5.05. The molecule has 1 fully saturated rings. The first-order valence-electron chi connectivity index (χ1n) is 20.1. The Bertz CT molecular complexity index is 1670. The van der Waals surface area contributed by atoms with Gasteiger partial charge in [0.05, 0.1) is 25.4 Å². The topological polar surface area (TPSA) is 207 Å². The molecule has 5 N–H and O–H groups in total. The molecular formula is C44H65NO13. The van der Waals surface area contributed by atoms with Gasteiger partial charge in [-0.2, -0.15) is 0 Å². The fraction of sp³-hybridized carbons (Fsp3) is 0.636. The second-order valence-corrected chi connectivity index (χ2v) is 16.5. The molecule has 324 valence electrons. The number of carbonyl (C=O) groups is 4. The van der Waals surface area contributed by atoms with Gasteiger partial charge in [0.25, 0.3) is 0 Å². The molecule has 1 amide bonds. The van der Waals surface area contributed by atoms with Gasteiger partial charge in [-0.25, -0.2) is 9.59 Å². The summed E-state index contributed by atoms with van der Waals surface area (Å²) in [5.74, 6) is -8.07. The van der Waals surface area contributed by atoms with E-state index in [9.17, 15) is 39.6 Å². The number of rotatable bonds is 11. The number of ether oxygens (including phenoxy) is 5. The quantitative estimate of drug-likeness (QED) is 0.137. The van der Waals surface area contributed by atoms with Gasteiger partial charge >= 0.3 is 11.9 Å². The molecule has 0 aromatic carbocycles. The van der Waals surface area contributed by atoms with E-state index >= 15 is 0 Å². The van der Waals surface area contributed by atoms with Gasteiger partial charge in [0.15, 0.2) is 11.6 Å². The highest BCUT2D eigenvalue weighted by Crippen LogP contribution is 2.42. The third-order valence-corrected chi connectivity index (χ3v) is 11.5. The number of nitrogens with one attached hydrogen (secondary N) is 1. The number of ketones is 1. The Morgan fingerprint density at radius 2 is 1.71 bits per heavy atom. The van der Waals surface area contributed by atoms with Crippen molar-refractivity contribution in [1.29, 1.82) is 0 Å². The molecule has 58 heavy (non-hydrogen) atoms. The minimum Gasteiger partial charge on any atom is -0.510 e. The molecule has 0 spiro atoms. The number of methoxy groups -OCH3 is 2. The molecular weight excluding hydrogens is 750 g/mol. The zero-order valence-electron chi connectivity index (χ0n) is 35.8. The maximum absolute atomic E-state index is 13.7. The largest absolute Gasteiger partial charge is 0.510 e. The van der Waals surface area contributed by atoms with Crippen LogP contribution in [-0.4, -0.2) is 101 Å². The highest BCUT2D eigenvalue weighted by Gasteiger charge is 2.53. The van der Waals surface area contributed by atoms with Crippen molar-refractivity contribution in [2.24, 2.45) is 35.5 Å². The molecule has 0 aromatic rings. The van der Waals surface area contributed by atoms with Crippen molar-refractivity contribution in [3.63, 3.8) is 0 Å². The summed E-state index contributed by atoms with van der Waals surface area (Å²) in [7, 11) is 2.79. The summed E-state index contributed by atoms with van der Waals surface area (Å²) in [5.41, 5.74) is 1.48. The molecule has 0 radical (unpaired) electrons. The van der Waals surface area contributed by atoms with E-state index < -0.39 is 83.8 Å². The molecule has 0 aromatic heterocycles. The van der Waals surface area contributed by atoms with E-state index in [4.69, 9.17) is 23.7 Å². The predicted molar refractivity (Wildman–Crippen MR) is 215 cm³/mol. The summed E-state index contributed by atoms with van der Waals surface area (Å²) in [4.78, 5) is 51.1. The van der Waals surface area contributed by atoms with Gasteiger partial charge in [0.2, 0.25) is 11.7 Å². The van der Waals surface area contributed by atoms with Gasteiger partial charge in [0.1, 0.15) is 29.8 Å². The number of carbonyl (C=O) groups excluding carboxylic acids is 4. The van der Waals surface area contributed by atoms with Gasteiger partial charge in [-0.15, -0.1) is 0 Å². The van der Waals surface area contributed by atoms with Crippen molar-refractivity contribution < 1.29 is 63.3 Å². The van der Waals surface area contributed by atoms with E-state index in [1.54, 1.807) is 32.9 Å². The number of hydrogen-bond donors (Lipinski definition) is 5. The van der Waals surface area contributed by atoms with Gasteiger partial charge < -0.3 is 49.4 Å². The summed E-state index contributed by atoms with van der Waals surface area (Å²) in [6.45, 7) is 16.5. The molecule has 14 heteroatoms. The first-order chi connectivity index (χ1) is 27.1. The van der Waals surface area contributed by atoms with E-state index in [2.05, 4.69) is 5.32 Å². The first-order valence-corrected chi connectivity index (χ1v) is 20.1. The maximum atomic E-state index is 13.7. The SMILES string of the molecule is CO/C1=C/C(C)=C\[C@@H](C)[C@@H](O)[C@@H](C)C/C(C)=C\C=C/[C@H](OC)[C@@H]([C@@H](C)[C@@H](O)[C@H](C)[C@@]2(O)C[C@@H](OC(=O)/C=C/C(=O)NC3=C(O)CCC3=O)[C@H](C)[C@@H](C(C)C)O2)OC1=O. The minimum atomic E-state index is -2.04. The van der Waals surface area contributed by atoms with Crippen molar-refractivity contribution in [2.75, 3.05) is 14.2 Å². The van der Waals surface area contributed by atoms with Crippen LogP contribution >= 0.6 is 0 Å². The van der Waals surface area contributed by atoms with Crippen LogP contribution in [-0.2, 0) is 42.9 Å². The van der Waals surface area contributed by atoms with Crippen molar-refractivity contribution in [1.82, 2.24) is 5.32 Å². The lowest BCUT2D eigenvalue weighted by Crippen LogP contribution is -2.59. The van der Waals surface area contributed by atoms with Crippen LogP contribution in [0.15, 0.2) is 70.9 Å². The Kier molecular flexibility index (Phi) is 17.7. The monoisotopic (exact) mass is 815 g/mol. The Morgan fingerprint density at radius 1 is 1.03 bits per heavy atom. The molecule has 12 atom stereocenters. The lowest BCUT2D eigenvalue weighted by atomic mass is 9.76. The molecule has 14 nitrogen and oxygen atoms in total. The number of Topliss-reactive ketones (excluding diaryl/α,β-unsaturated/α-hetero) is 1. The molecule has 0 saturated carbocycles. The van der Waals surface area contributed by atoms with Crippen LogP contribution in [0, 0.1) is 35.5 Å². The number of esters is 2. The summed E-state index contributed by atoms with van der Waals surface area (Å²) in [6.07, 6.45) is 5.61. The van der Waals surface area contributed by atoms with E-state index in [1.165, 1.54) is 20.3 Å². The normalized spacial score (nSPS) is 35.5. The summed E-state index contributed by atoms with van der Waals surface area (Å²) >= 11 is 0. The number of hydrogen-bond acceptors (Lipinski definition) is 13. The number of aliphatic hydroxyl groups is 4. The van der Waals surface area contributed by atoms with Crippen LogP contribution < -0.4 is 5.32 Å². The summed E-state index contributed by atoms with van der Waals surface area (Å²) < 4.78 is 29.5. The van der Waals surface area contributed by atoms with Gasteiger partial charge in [-0.1, -0.05) is 83.9 Å². The summed E-state index contributed by atoms with van der Waals surface area (Å²) in [6, 6.07) is 0. The van der Waals surface area contributed by atoms with Crippen LogP contribution in [0.25, 0.3) is 0 Å². The fourth-order valence-electron chi connectivity index (χ4n) is 7.95. The molecule has 0 unspecified atom stereocenters. The highest BCUT2D eigenvalue weighted by atomic mass is 16.6. The lowest BCUT2D eigenvalue weighted by Gasteiger charge is -2.50. The second kappa shape index (κ2) is 21.3. The number of amides is 1. The molecule has 0 bridgehead atoms. The number of aliphatic hydroxyl groups excluding tert-OH is 3. The first kappa shape index (κ1) is 48.3. The second-order valence-electron chi connectivity index (χ2n) is 16.5. The van der Waals surface area contributed by atoms with E-state index in [-0.39, 0.29) is 54.2 Å². The smallest absolute Gasteiger partial charge is 0.373 e. The Labute approximate surface area is 342 Å². The van der Waals surface area contributed by atoms with Crippen LogP contribution in [0.4, 0.5) is 0 Å². The highest BCUT2D eigenvalue weighted by molar-refractivity contribution is 6.04. The Balaban J connectivity index is 1.92. The molecule has 1 aliphatic carbocycles. The third-order valence-electron chi connectivity index (χ3n) is 11.5. The van der Waals surface area contributed by atoms with Gasteiger partial charge in [0, 0.05) is 62.2 Å². The maximum Gasteiger partial charge on any atom is 0.373 e. The average Bonchev–Trinajstić information content (AvgIpc) is 3.48. The number of cyclic esters (lactones) is 1. The third kappa shape index (κ3) is 12.5. The van der Waals surface area contributed by atoms with Crippen molar-refractivity contribution >= 4 is 23.6 Å². The van der Waals surface area contributed by atoms with Crippen molar-refractivity contribution in [3.05, 3.63) is 70.9 Å². The summed E-state index contributed by atoms with van der Waals surface area (Å²) in [5, 5.41) is 47.4. The standard InChI is InChI=1S/C44H65NO13/c1-23(2)41-28(7)35(56-37(49)18-17-36(48)45-38-31(46)15-16-32(38)47)22-44(53,58-41)30(9)40(51)29(8)42-33(54-10)14-12-13-24(3)19-26(5)39(50)27(6)20-25(4)21-34(55-11)43(52)57-42/h12-14,17-18,20-21,23,26-30,33,35,39-42,46,50-51,53H,15-16,19,22H2,1-11H3,(H,45,48)/b14-12-,18-17+,24-13-,25-20-,34-21+/t26-,27+,28-,29-,30-,33-,35+,39-,40+,41+,42+,44+/m0/s1. The zero-order chi connectivity index (χ0) is 43.6. The minimum absolute atomic E-state index is 0.0594. The zero-order valence-corrected chi connectivity index (χ0v) is 35.8. The Hall–Kier alpha value is -4.08. The molecule has 1 saturated heterocycles. The lowest BCUT2D eigenvalue weighted by molar-refractivity contribution is -0.329. The van der Waals surface area contributed by atoms with E-state index in [0.29, 0.717) is 12.0 Å². The average molecular weight is 816 g/mol. The Morgan fingerprint density at radius 3 is 2.29 bits per heavy atom.